The van der Waals surface area contributed by atoms with E-state index in [4.69, 9.17) is 10.4 Å². The molecule has 0 aliphatic carbocycles. The molecule has 5 nitrogen and oxygen atoms in total. The van der Waals surface area contributed by atoms with Crippen LogP contribution in [0.15, 0.2) is 18.2 Å². The summed E-state index contributed by atoms with van der Waals surface area (Å²) in [6.45, 7) is 4.72. The maximum absolute atomic E-state index is 8.96. The van der Waals surface area contributed by atoms with Gasteiger partial charge in [-0.1, -0.05) is 6.07 Å². The van der Waals surface area contributed by atoms with Crippen LogP contribution in [0, 0.1) is 11.3 Å². The van der Waals surface area contributed by atoms with E-state index in [1.807, 2.05) is 12.1 Å². The van der Waals surface area contributed by atoms with Gasteiger partial charge >= 0.3 is 0 Å². The van der Waals surface area contributed by atoms with Gasteiger partial charge in [-0.25, -0.2) is 4.98 Å². The van der Waals surface area contributed by atoms with Gasteiger partial charge in [-0.3, -0.25) is 4.90 Å². The van der Waals surface area contributed by atoms with Gasteiger partial charge in [0.05, 0.1) is 6.61 Å². The summed E-state index contributed by atoms with van der Waals surface area (Å²) in [6, 6.07) is 7.61. The zero-order chi connectivity index (χ0) is 12.8. The lowest BCUT2D eigenvalue weighted by molar-refractivity contribution is 0.204. The molecule has 5 heteroatoms. The van der Waals surface area contributed by atoms with Crippen molar-refractivity contribution in [3.63, 3.8) is 0 Å². The lowest BCUT2D eigenvalue weighted by Crippen LogP contribution is -2.32. The molecule has 0 unspecified atom stereocenters. The van der Waals surface area contributed by atoms with E-state index in [0.717, 1.165) is 45.0 Å². The van der Waals surface area contributed by atoms with Gasteiger partial charge in [0.1, 0.15) is 17.6 Å². The molecular formula is C13H18N4O. The maximum atomic E-state index is 8.96. The smallest absolute Gasteiger partial charge is 0.142 e. The Labute approximate surface area is 107 Å². The van der Waals surface area contributed by atoms with E-state index in [-0.39, 0.29) is 6.61 Å². The van der Waals surface area contributed by atoms with Crippen LogP contribution in [0.3, 0.4) is 0 Å². The van der Waals surface area contributed by atoms with E-state index < -0.39 is 0 Å². The Morgan fingerprint density at radius 1 is 1.28 bits per heavy atom. The number of nitrogens with zero attached hydrogens (tertiary/aromatic N) is 4. The minimum atomic E-state index is 0.210. The average molecular weight is 246 g/mol. The molecule has 1 aromatic heterocycles. The van der Waals surface area contributed by atoms with E-state index in [0.29, 0.717) is 5.69 Å². The van der Waals surface area contributed by atoms with Crippen LogP contribution in [0.25, 0.3) is 0 Å². The zero-order valence-corrected chi connectivity index (χ0v) is 10.4. The highest BCUT2D eigenvalue weighted by atomic mass is 16.3. The molecule has 0 amide bonds. The van der Waals surface area contributed by atoms with Crippen LogP contribution in [-0.4, -0.2) is 54.3 Å². The number of rotatable bonds is 3. The highest BCUT2D eigenvalue weighted by Crippen LogP contribution is 2.14. The highest BCUT2D eigenvalue weighted by molar-refractivity contribution is 5.41. The SMILES string of the molecule is N#Cc1cccc(N2CCCN(CCO)CC2)n1. The summed E-state index contributed by atoms with van der Waals surface area (Å²) in [4.78, 5) is 8.79. The van der Waals surface area contributed by atoms with Crippen LogP contribution in [0.5, 0.6) is 0 Å². The molecule has 1 aliphatic rings. The van der Waals surface area contributed by atoms with Crippen LogP contribution in [-0.2, 0) is 0 Å². The largest absolute Gasteiger partial charge is 0.395 e. The van der Waals surface area contributed by atoms with E-state index in [1.54, 1.807) is 6.07 Å². The lowest BCUT2D eigenvalue weighted by Gasteiger charge is -2.22. The van der Waals surface area contributed by atoms with Gasteiger partial charge in [0.25, 0.3) is 0 Å². The standard InChI is InChI=1S/C13H18N4O/c14-11-12-3-1-4-13(15-12)17-6-2-5-16(7-8-17)9-10-18/h1,3-4,18H,2,5-10H2. The molecule has 0 atom stereocenters. The summed E-state index contributed by atoms with van der Waals surface area (Å²) >= 11 is 0. The van der Waals surface area contributed by atoms with E-state index >= 15 is 0 Å². The van der Waals surface area contributed by atoms with E-state index in [9.17, 15) is 0 Å². The maximum Gasteiger partial charge on any atom is 0.142 e. The monoisotopic (exact) mass is 246 g/mol. The Morgan fingerprint density at radius 3 is 2.94 bits per heavy atom. The Balaban J connectivity index is 2.03. The number of aliphatic hydroxyl groups is 1. The van der Waals surface area contributed by atoms with Crippen molar-refractivity contribution < 1.29 is 5.11 Å². The first-order chi connectivity index (χ1) is 8.83. The summed E-state index contributed by atoms with van der Waals surface area (Å²) in [6.07, 6.45) is 1.05. The molecule has 96 valence electrons. The molecule has 1 saturated heterocycles. The topological polar surface area (TPSA) is 63.4 Å². The molecule has 1 aliphatic heterocycles. The summed E-state index contributed by atoms with van der Waals surface area (Å²) in [5.41, 5.74) is 0.462. The third-order valence-electron chi connectivity index (χ3n) is 3.18. The van der Waals surface area contributed by atoms with Crippen molar-refractivity contribution in [1.82, 2.24) is 9.88 Å². The van der Waals surface area contributed by atoms with Crippen molar-refractivity contribution >= 4 is 5.82 Å². The lowest BCUT2D eigenvalue weighted by atomic mass is 10.3. The molecule has 1 fully saturated rings. The fourth-order valence-corrected chi connectivity index (χ4v) is 2.23. The summed E-state index contributed by atoms with van der Waals surface area (Å²) in [7, 11) is 0. The van der Waals surface area contributed by atoms with Gasteiger partial charge in [0.15, 0.2) is 0 Å². The molecule has 2 heterocycles. The Hall–Kier alpha value is -1.64. The van der Waals surface area contributed by atoms with E-state index in [2.05, 4.69) is 20.9 Å². The van der Waals surface area contributed by atoms with Crippen LogP contribution in [0.2, 0.25) is 0 Å². The summed E-state index contributed by atoms with van der Waals surface area (Å²) in [5, 5.41) is 17.8. The summed E-state index contributed by atoms with van der Waals surface area (Å²) < 4.78 is 0. The fraction of sp³-hybridized carbons (Fsp3) is 0.538. The first-order valence-corrected chi connectivity index (χ1v) is 6.29. The molecule has 0 radical (unpaired) electrons. The molecule has 0 saturated carbocycles. The predicted molar refractivity (Wildman–Crippen MR) is 69.3 cm³/mol. The van der Waals surface area contributed by atoms with Gasteiger partial charge in [-0.15, -0.1) is 0 Å². The van der Waals surface area contributed by atoms with Gasteiger partial charge in [-0.05, 0) is 25.1 Å². The molecular weight excluding hydrogens is 228 g/mol. The zero-order valence-electron chi connectivity index (χ0n) is 10.4. The second-order valence-electron chi connectivity index (χ2n) is 4.40. The fourth-order valence-electron chi connectivity index (χ4n) is 2.23. The average Bonchev–Trinajstić information content (AvgIpc) is 2.65. The van der Waals surface area contributed by atoms with Gasteiger partial charge < -0.3 is 10.0 Å². The molecule has 0 bridgehead atoms. The Kier molecular flexibility index (Phi) is 4.51. The first kappa shape index (κ1) is 12.8. The number of aliphatic hydroxyl groups excluding tert-OH is 1. The minimum Gasteiger partial charge on any atom is -0.395 e. The van der Waals surface area contributed by atoms with Gasteiger partial charge in [-0.2, -0.15) is 5.26 Å². The molecule has 0 spiro atoms. The quantitative estimate of drug-likeness (QED) is 0.839. The van der Waals surface area contributed by atoms with Gasteiger partial charge in [0, 0.05) is 26.2 Å². The summed E-state index contributed by atoms with van der Waals surface area (Å²) in [5.74, 6) is 0.875. The molecule has 18 heavy (non-hydrogen) atoms. The minimum absolute atomic E-state index is 0.210. The molecule has 0 aromatic carbocycles. The van der Waals surface area contributed by atoms with Crippen molar-refractivity contribution in [3.8, 4) is 6.07 Å². The van der Waals surface area contributed by atoms with Crippen LogP contribution < -0.4 is 4.90 Å². The number of hydrogen-bond donors (Lipinski definition) is 1. The number of β-amino-alcohol motifs (C(OH)–C–C–N with tert-alkyl or cyclic N) is 1. The number of hydrogen-bond acceptors (Lipinski definition) is 5. The van der Waals surface area contributed by atoms with Crippen LogP contribution in [0.1, 0.15) is 12.1 Å². The second-order valence-corrected chi connectivity index (χ2v) is 4.40. The number of aromatic nitrogens is 1. The third kappa shape index (κ3) is 3.19. The van der Waals surface area contributed by atoms with Crippen molar-refractivity contribution in [2.45, 2.75) is 6.42 Å². The predicted octanol–water partition coefficient (Wildman–Crippen LogP) is 0.458. The van der Waals surface area contributed by atoms with Gasteiger partial charge in [0.2, 0.25) is 0 Å². The molecule has 2 rings (SSSR count). The third-order valence-corrected chi connectivity index (χ3v) is 3.18. The van der Waals surface area contributed by atoms with Crippen molar-refractivity contribution in [2.24, 2.45) is 0 Å². The molecule has 1 N–H and O–H groups in total. The Morgan fingerprint density at radius 2 is 2.17 bits per heavy atom. The van der Waals surface area contributed by atoms with Crippen molar-refractivity contribution in [1.29, 1.82) is 5.26 Å². The Bertz CT molecular complexity index is 429. The number of pyridine rings is 1. The number of anilines is 1. The van der Waals surface area contributed by atoms with E-state index in [1.165, 1.54) is 0 Å². The van der Waals surface area contributed by atoms with Crippen LogP contribution >= 0.6 is 0 Å². The van der Waals surface area contributed by atoms with Crippen molar-refractivity contribution in [2.75, 3.05) is 44.2 Å². The normalized spacial score (nSPS) is 17.2. The highest BCUT2D eigenvalue weighted by Gasteiger charge is 2.15. The van der Waals surface area contributed by atoms with Crippen molar-refractivity contribution in [3.05, 3.63) is 23.9 Å². The van der Waals surface area contributed by atoms with Crippen LogP contribution in [0.4, 0.5) is 5.82 Å². The first-order valence-electron chi connectivity index (χ1n) is 6.29. The number of nitriles is 1. The molecule has 1 aromatic rings. The second kappa shape index (κ2) is 6.34.